The van der Waals surface area contributed by atoms with Crippen LogP contribution in [0.15, 0.2) is 23.5 Å². The molecule has 0 unspecified atom stereocenters. The molecule has 0 aliphatic rings. The lowest BCUT2D eigenvalue weighted by atomic mass is 10.2. The topological polar surface area (TPSA) is 84.0 Å². The maximum Gasteiger partial charge on any atom is 0.171 e. The summed E-state index contributed by atoms with van der Waals surface area (Å²) in [6, 6.07) is 3.71. The van der Waals surface area contributed by atoms with Gasteiger partial charge in [0.25, 0.3) is 0 Å². The van der Waals surface area contributed by atoms with E-state index in [1.54, 1.807) is 13.3 Å². The van der Waals surface area contributed by atoms with Crippen LogP contribution in [-0.4, -0.2) is 36.2 Å². The molecule has 106 valence electrons. The molecule has 6 heteroatoms. The van der Waals surface area contributed by atoms with Crippen LogP contribution in [0, 0.1) is 5.92 Å². The molecule has 0 bridgehead atoms. The van der Waals surface area contributed by atoms with Gasteiger partial charge < -0.3 is 20.6 Å². The predicted molar refractivity (Wildman–Crippen MR) is 75.9 cm³/mol. The van der Waals surface area contributed by atoms with E-state index in [-0.39, 0.29) is 5.84 Å². The van der Waals surface area contributed by atoms with Crippen molar-refractivity contribution in [2.24, 2.45) is 16.8 Å². The Hall–Kier alpha value is -1.98. The Kier molecular flexibility index (Phi) is 5.92. The molecule has 0 amide bonds. The summed E-state index contributed by atoms with van der Waals surface area (Å²) < 4.78 is 5.33. The maximum atomic E-state index is 8.61. The number of oxime groups is 1. The van der Waals surface area contributed by atoms with Crippen LogP contribution in [0.25, 0.3) is 0 Å². The van der Waals surface area contributed by atoms with Crippen molar-refractivity contribution in [2.45, 2.75) is 20.3 Å². The highest BCUT2D eigenvalue weighted by atomic mass is 16.5. The average molecular weight is 266 g/mol. The van der Waals surface area contributed by atoms with Gasteiger partial charge in [-0.15, -0.1) is 0 Å². The van der Waals surface area contributed by atoms with Crippen molar-refractivity contribution in [2.75, 3.05) is 25.1 Å². The van der Waals surface area contributed by atoms with Gasteiger partial charge in [-0.2, -0.15) is 0 Å². The molecule has 0 saturated carbocycles. The van der Waals surface area contributed by atoms with Crippen molar-refractivity contribution in [1.29, 1.82) is 0 Å². The van der Waals surface area contributed by atoms with Gasteiger partial charge in [0.2, 0.25) is 0 Å². The third-order valence-corrected chi connectivity index (χ3v) is 2.62. The lowest BCUT2D eigenvalue weighted by Crippen LogP contribution is -2.32. The summed E-state index contributed by atoms with van der Waals surface area (Å²) in [6.45, 7) is 5.71. The second-order valence-electron chi connectivity index (χ2n) is 4.71. The van der Waals surface area contributed by atoms with Crippen LogP contribution in [0.4, 0.5) is 5.82 Å². The largest absolute Gasteiger partial charge is 0.493 e. The van der Waals surface area contributed by atoms with E-state index in [2.05, 4.69) is 28.9 Å². The molecule has 1 rings (SSSR count). The first-order valence-corrected chi connectivity index (χ1v) is 6.28. The number of amidine groups is 1. The molecule has 19 heavy (non-hydrogen) atoms. The average Bonchev–Trinajstić information content (AvgIpc) is 2.42. The second kappa shape index (κ2) is 7.45. The molecule has 0 fully saturated rings. The Morgan fingerprint density at radius 1 is 1.58 bits per heavy atom. The molecular weight excluding hydrogens is 244 g/mol. The van der Waals surface area contributed by atoms with Crippen molar-refractivity contribution < 1.29 is 9.94 Å². The van der Waals surface area contributed by atoms with Crippen LogP contribution in [0.5, 0.6) is 5.75 Å². The zero-order chi connectivity index (χ0) is 14.3. The van der Waals surface area contributed by atoms with Crippen LogP contribution in [0.1, 0.15) is 20.3 Å². The fourth-order valence-corrected chi connectivity index (χ4v) is 1.80. The summed E-state index contributed by atoms with van der Waals surface area (Å²) in [5, 5.41) is 11.6. The SMILES string of the molecule is COc1cccnc1N(CC/C(N)=N/O)CC(C)C. The van der Waals surface area contributed by atoms with Gasteiger partial charge in [0.05, 0.1) is 7.11 Å². The van der Waals surface area contributed by atoms with E-state index in [0.717, 1.165) is 18.1 Å². The van der Waals surface area contributed by atoms with E-state index in [0.29, 0.717) is 18.9 Å². The Morgan fingerprint density at radius 2 is 2.32 bits per heavy atom. The fourth-order valence-electron chi connectivity index (χ4n) is 1.80. The van der Waals surface area contributed by atoms with Gasteiger partial charge in [-0.3, -0.25) is 0 Å². The summed E-state index contributed by atoms with van der Waals surface area (Å²) >= 11 is 0. The lowest BCUT2D eigenvalue weighted by Gasteiger charge is -2.26. The van der Waals surface area contributed by atoms with E-state index in [1.807, 2.05) is 12.1 Å². The van der Waals surface area contributed by atoms with Crippen molar-refractivity contribution in [3.63, 3.8) is 0 Å². The van der Waals surface area contributed by atoms with Gasteiger partial charge in [-0.1, -0.05) is 19.0 Å². The van der Waals surface area contributed by atoms with Gasteiger partial charge in [-0.05, 0) is 18.1 Å². The van der Waals surface area contributed by atoms with E-state index >= 15 is 0 Å². The maximum absolute atomic E-state index is 8.61. The molecule has 0 aliphatic heterocycles. The number of methoxy groups -OCH3 is 1. The summed E-state index contributed by atoms with van der Waals surface area (Å²) in [7, 11) is 1.62. The zero-order valence-electron chi connectivity index (χ0n) is 11.7. The number of pyridine rings is 1. The van der Waals surface area contributed by atoms with Gasteiger partial charge in [0.15, 0.2) is 11.6 Å². The molecule has 3 N–H and O–H groups in total. The van der Waals surface area contributed by atoms with Crippen LogP contribution in [-0.2, 0) is 0 Å². The second-order valence-corrected chi connectivity index (χ2v) is 4.71. The van der Waals surface area contributed by atoms with Crippen LogP contribution < -0.4 is 15.4 Å². The first kappa shape index (κ1) is 15.1. The van der Waals surface area contributed by atoms with Gasteiger partial charge in [0.1, 0.15) is 5.84 Å². The summed E-state index contributed by atoms with van der Waals surface area (Å²) in [5.41, 5.74) is 5.52. The summed E-state index contributed by atoms with van der Waals surface area (Å²) in [4.78, 5) is 6.45. The normalized spacial score (nSPS) is 11.7. The van der Waals surface area contributed by atoms with Crippen molar-refractivity contribution in [1.82, 2.24) is 4.98 Å². The molecule has 1 aromatic heterocycles. The molecule has 6 nitrogen and oxygen atoms in total. The Morgan fingerprint density at radius 3 is 2.89 bits per heavy atom. The minimum Gasteiger partial charge on any atom is -0.493 e. The van der Waals surface area contributed by atoms with E-state index in [9.17, 15) is 0 Å². The molecule has 0 atom stereocenters. The van der Waals surface area contributed by atoms with E-state index in [4.69, 9.17) is 15.7 Å². The molecule has 1 aromatic rings. The number of hydrogen-bond donors (Lipinski definition) is 2. The first-order valence-electron chi connectivity index (χ1n) is 6.28. The van der Waals surface area contributed by atoms with Crippen molar-refractivity contribution >= 4 is 11.7 Å². The number of aromatic nitrogens is 1. The smallest absolute Gasteiger partial charge is 0.171 e. The highest BCUT2D eigenvalue weighted by molar-refractivity contribution is 5.80. The van der Waals surface area contributed by atoms with Crippen molar-refractivity contribution in [3.8, 4) is 5.75 Å². The Bertz CT molecular complexity index is 421. The molecule has 0 aliphatic carbocycles. The molecule has 1 heterocycles. The minimum absolute atomic E-state index is 0.212. The van der Waals surface area contributed by atoms with Crippen LogP contribution in [0.3, 0.4) is 0 Å². The number of hydrogen-bond acceptors (Lipinski definition) is 5. The third-order valence-electron chi connectivity index (χ3n) is 2.62. The fraction of sp³-hybridized carbons (Fsp3) is 0.538. The molecule has 0 aromatic carbocycles. The monoisotopic (exact) mass is 266 g/mol. The number of ether oxygens (including phenoxy) is 1. The predicted octanol–water partition coefficient (Wildman–Crippen LogP) is 1.69. The molecular formula is C13H22N4O2. The first-order chi connectivity index (χ1) is 9.08. The molecule has 0 radical (unpaired) electrons. The van der Waals surface area contributed by atoms with Crippen LogP contribution in [0.2, 0.25) is 0 Å². The number of anilines is 1. The summed E-state index contributed by atoms with van der Waals surface area (Å²) in [5.74, 6) is 2.19. The van der Waals surface area contributed by atoms with Gasteiger partial charge >= 0.3 is 0 Å². The standard InChI is InChI=1S/C13H22N4O2/c1-10(2)9-17(8-6-12(14)16-18)13-11(19-3)5-4-7-15-13/h4-5,7,10,18H,6,8-9H2,1-3H3,(H2,14,16). The van der Waals surface area contributed by atoms with E-state index < -0.39 is 0 Å². The number of rotatable bonds is 7. The highest BCUT2D eigenvalue weighted by Gasteiger charge is 2.15. The van der Waals surface area contributed by atoms with Gasteiger partial charge in [0, 0.05) is 25.7 Å². The van der Waals surface area contributed by atoms with Gasteiger partial charge in [-0.25, -0.2) is 4.98 Å². The molecule has 0 saturated heterocycles. The number of nitrogens with two attached hydrogens (primary N) is 1. The van der Waals surface area contributed by atoms with Crippen LogP contribution >= 0.6 is 0 Å². The number of nitrogens with zero attached hydrogens (tertiary/aromatic N) is 3. The van der Waals surface area contributed by atoms with Crippen molar-refractivity contribution in [3.05, 3.63) is 18.3 Å². The Balaban J connectivity index is 2.89. The third kappa shape index (κ3) is 4.65. The zero-order valence-corrected chi connectivity index (χ0v) is 11.7. The van der Waals surface area contributed by atoms with E-state index in [1.165, 1.54) is 0 Å². The Labute approximate surface area is 113 Å². The lowest BCUT2D eigenvalue weighted by molar-refractivity contribution is 0.317. The quantitative estimate of drug-likeness (QED) is 0.339. The highest BCUT2D eigenvalue weighted by Crippen LogP contribution is 2.25. The minimum atomic E-state index is 0.212. The molecule has 0 spiro atoms. The summed E-state index contributed by atoms with van der Waals surface area (Å²) in [6.07, 6.45) is 2.21.